The number of carbonyl (C=O) groups excluding carboxylic acids is 1. The normalized spacial score (nSPS) is 23.7. The summed E-state index contributed by atoms with van der Waals surface area (Å²) in [5.41, 5.74) is 0. The summed E-state index contributed by atoms with van der Waals surface area (Å²) in [6.45, 7) is 7.06. The highest BCUT2D eigenvalue weighted by Crippen LogP contribution is 2.35. The molecule has 4 nitrogen and oxygen atoms in total. The van der Waals surface area contributed by atoms with E-state index in [0.29, 0.717) is 25.7 Å². The van der Waals surface area contributed by atoms with Crippen molar-refractivity contribution in [1.82, 2.24) is 9.80 Å². The number of likely N-dealkylation sites (tertiary alicyclic amines) is 1. The van der Waals surface area contributed by atoms with Gasteiger partial charge in [-0.2, -0.15) is 0 Å². The maximum absolute atomic E-state index is 12.2. The Balaban J connectivity index is 1.53. The molecule has 2 aliphatic rings. The van der Waals surface area contributed by atoms with Gasteiger partial charge in [-0.15, -0.1) is 11.3 Å². The molecular weight excluding hydrogens is 284 g/mol. The molecule has 1 aromatic heterocycles. The number of amides is 1. The molecule has 3 rings (SSSR count). The van der Waals surface area contributed by atoms with Crippen molar-refractivity contribution >= 4 is 17.2 Å². The SMILES string of the molecule is Cc1ccc(C2CCCN2CCC(=O)N2CCOCC2)s1. The first-order valence-electron chi connectivity index (χ1n) is 7.90. The Labute approximate surface area is 130 Å². The zero-order chi connectivity index (χ0) is 14.7. The van der Waals surface area contributed by atoms with Crippen LogP contribution in [0.25, 0.3) is 0 Å². The maximum Gasteiger partial charge on any atom is 0.224 e. The van der Waals surface area contributed by atoms with Crippen LogP contribution in [0.3, 0.4) is 0 Å². The second kappa shape index (κ2) is 6.90. The van der Waals surface area contributed by atoms with Crippen LogP contribution in [0.1, 0.15) is 35.1 Å². The van der Waals surface area contributed by atoms with Gasteiger partial charge >= 0.3 is 0 Å². The molecule has 1 unspecified atom stereocenters. The highest BCUT2D eigenvalue weighted by Gasteiger charge is 2.28. The fourth-order valence-electron chi connectivity index (χ4n) is 3.26. The molecule has 0 bridgehead atoms. The number of ether oxygens (including phenoxy) is 1. The predicted octanol–water partition coefficient (Wildman–Crippen LogP) is 2.44. The van der Waals surface area contributed by atoms with E-state index in [4.69, 9.17) is 4.74 Å². The fraction of sp³-hybridized carbons (Fsp3) is 0.688. The standard InChI is InChI=1S/C16H24N2O2S/c1-13-4-5-15(21-13)14-3-2-7-17(14)8-6-16(19)18-9-11-20-12-10-18/h4-5,14H,2-3,6-12H2,1H3. The number of aryl methyl sites for hydroxylation is 1. The summed E-state index contributed by atoms with van der Waals surface area (Å²) in [4.78, 5) is 19.5. The molecule has 3 heterocycles. The van der Waals surface area contributed by atoms with Crippen LogP contribution in [0.2, 0.25) is 0 Å². The lowest BCUT2D eigenvalue weighted by atomic mass is 10.2. The van der Waals surface area contributed by atoms with E-state index in [1.54, 1.807) is 0 Å². The Morgan fingerprint density at radius 3 is 2.86 bits per heavy atom. The van der Waals surface area contributed by atoms with Crippen molar-refractivity contribution in [2.75, 3.05) is 39.4 Å². The monoisotopic (exact) mass is 308 g/mol. The molecule has 2 saturated heterocycles. The third-order valence-electron chi connectivity index (χ3n) is 4.43. The van der Waals surface area contributed by atoms with Gasteiger partial charge in [-0.25, -0.2) is 0 Å². The van der Waals surface area contributed by atoms with E-state index >= 15 is 0 Å². The maximum atomic E-state index is 12.2. The average Bonchev–Trinajstić information content (AvgIpc) is 3.14. The van der Waals surface area contributed by atoms with Crippen LogP contribution in [-0.2, 0) is 9.53 Å². The van der Waals surface area contributed by atoms with Gasteiger partial charge in [0.25, 0.3) is 0 Å². The molecule has 2 fully saturated rings. The number of hydrogen-bond acceptors (Lipinski definition) is 4. The third-order valence-corrected chi connectivity index (χ3v) is 5.53. The fourth-order valence-corrected chi connectivity index (χ4v) is 4.31. The summed E-state index contributed by atoms with van der Waals surface area (Å²) in [6, 6.07) is 4.99. The van der Waals surface area contributed by atoms with Gasteiger partial charge in [-0.05, 0) is 38.4 Å². The average molecular weight is 308 g/mol. The Morgan fingerprint density at radius 2 is 2.14 bits per heavy atom. The van der Waals surface area contributed by atoms with Crippen LogP contribution >= 0.6 is 11.3 Å². The molecule has 1 atom stereocenters. The first kappa shape index (κ1) is 15.0. The minimum atomic E-state index is 0.284. The summed E-state index contributed by atoms with van der Waals surface area (Å²) >= 11 is 1.90. The van der Waals surface area contributed by atoms with Crippen molar-refractivity contribution in [2.45, 2.75) is 32.2 Å². The van der Waals surface area contributed by atoms with Gasteiger partial charge in [0, 0.05) is 41.9 Å². The van der Waals surface area contributed by atoms with Gasteiger partial charge < -0.3 is 9.64 Å². The first-order valence-corrected chi connectivity index (χ1v) is 8.71. The molecule has 0 radical (unpaired) electrons. The topological polar surface area (TPSA) is 32.8 Å². The molecule has 1 amide bonds. The van der Waals surface area contributed by atoms with Gasteiger partial charge in [0.2, 0.25) is 5.91 Å². The molecule has 0 aromatic carbocycles. The molecule has 2 aliphatic heterocycles. The largest absolute Gasteiger partial charge is 0.378 e. The molecule has 0 saturated carbocycles. The van der Waals surface area contributed by atoms with E-state index < -0.39 is 0 Å². The van der Waals surface area contributed by atoms with E-state index in [1.165, 1.54) is 22.6 Å². The molecule has 5 heteroatoms. The number of hydrogen-bond donors (Lipinski definition) is 0. The Bertz CT molecular complexity index is 482. The van der Waals surface area contributed by atoms with E-state index in [-0.39, 0.29) is 5.91 Å². The van der Waals surface area contributed by atoms with E-state index in [2.05, 4.69) is 24.0 Å². The summed E-state index contributed by atoms with van der Waals surface area (Å²) in [6.07, 6.45) is 3.11. The highest BCUT2D eigenvalue weighted by molar-refractivity contribution is 7.12. The van der Waals surface area contributed by atoms with Crippen molar-refractivity contribution in [2.24, 2.45) is 0 Å². The van der Waals surface area contributed by atoms with Crippen LogP contribution in [0.4, 0.5) is 0 Å². The number of nitrogens with zero attached hydrogens (tertiary/aromatic N) is 2. The van der Waals surface area contributed by atoms with Gasteiger partial charge in [-0.3, -0.25) is 9.69 Å². The van der Waals surface area contributed by atoms with Crippen LogP contribution in [0.5, 0.6) is 0 Å². The van der Waals surface area contributed by atoms with Crippen LogP contribution in [0, 0.1) is 6.92 Å². The summed E-state index contributed by atoms with van der Waals surface area (Å²) in [5.74, 6) is 0.284. The Kier molecular flexibility index (Phi) is 4.93. The van der Waals surface area contributed by atoms with E-state index in [0.717, 1.165) is 26.2 Å². The Hall–Kier alpha value is -0.910. The molecule has 0 aliphatic carbocycles. The lowest BCUT2D eigenvalue weighted by Gasteiger charge is -2.29. The minimum Gasteiger partial charge on any atom is -0.378 e. The molecule has 116 valence electrons. The van der Waals surface area contributed by atoms with E-state index in [1.807, 2.05) is 16.2 Å². The van der Waals surface area contributed by atoms with Gasteiger partial charge in [0.05, 0.1) is 13.2 Å². The first-order chi connectivity index (χ1) is 10.2. The zero-order valence-electron chi connectivity index (χ0n) is 12.7. The van der Waals surface area contributed by atoms with Gasteiger partial charge in [-0.1, -0.05) is 0 Å². The smallest absolute Gasteiger partial charge is 0.224 e. The van der Waals surface area contributed by atoms with Crippen molar-refractivity contribution in [3.05, 3.63) is 21.9 Å². The summed E-state index contributed by atoms with van der Waals surface area (Å²) < 4.78 is 5.30. The number of rotatable bonds is 4. The third kappa shape index (κ3) is 3.65. The molecule has 0 N–H and O–H groups in total. The highest BCUT2D eigenvalue weighted by atomic mass is 32.1. The van der Waals surface area contributed by atoms with Crippen molar-refractivity contribution < 1.29 is 9.53 Å². The molecular formula is C16H24N2O2S. The predicted molar refractivity (Wildman–Crippen MR) is 84.6 cm³/mol. The molecule has 1 aromatic rings. The lowest BCUT2D eigenvalue weighted by Crippen LogP contribution is -2.42. The quantitative estimate of drug-likeness (QED) is 0.856. The second-order valence-electron chi connectivity index (χ2n) is 5.89. The van der Waals surface area contributed by atoms with Gasteiger partial charge in [0.15, 0.2) is 0 Å². The number of morpholine rings is 1. The van der Waals surface area contributed by atoms with Crippen molar-refractivity contribution in [3.8, 4) is 0 Å². The zero-order valence-corrected chi connectivity index (χ0v) is 13.5. The number of thiophene rings is 1. The second-order valence-corrected chi connectivity index (χ2v) is 7.21. The summed E-state index contributed by atoms with van der Waals surface area (Å²) in [5, 5.41) is 0. The van der Waals surface area contributed by atoms with Crippen molar-refractivity contribution in [1.29, 1.82) is 0 Å². The van der Waals surface area contributed by atoms with Crippen molar-refractivity contribution in [3.63, 3.8) is 0 Å². The molecule has 0 spiro atoms. The van der Waals surface area contributed by atoms with Crippen LogP contribution in [-0.4, -0.2) is 55.1 Å². The minimum absolute atomic E-state index is 0.284. The van der Waals surface area contributed by atoms with E-state index in [9.17, 15) is 4.79 Å². The molecule has 21 heavy (non-hydrogen) atoms. The van der Waals surface area contributed by atoms with Crippen LogP contribution in [0.15, 0.2) is 12.1 Å². The van der Waals surface area contributed by atoms with Crippen LogP contribution < -0.4 is 0 Å². The Morgan fingerprint density at radius 1 is 1.33 bits per heavy atom. The number of carbonyl (C=O) groups is 1. The van der Waals surface area contributed by atoms with Gasteiger partial charge in [0.1, 0.15) is 0 Å². The summed E-state index contributed by atoms with van der Waals surface area (Å²) in [7, 11) is 0. The lowest BCUT2D eigenvalue weighted by molar-refractivity contribution is -0.135.